The molecular formula is C13H28N2. The molecule has 2 nitrogen and oxygen atoms in total. The van der Waals surface area contributed by atoms with Gasteiger partial charge in [0.1, 0.15) is 0 Å². The number of likely N-dealkylation sites (N-methyl/N-ethyl adjacent to an activating group) is 1. The summed E-state index contributed by atoms with van der Waals surface area (Å²) in [5, 5.41) is 0. The summed E-state index contributed by atoms with van der Waals surface area (Å²) >= 11 is 0. The van der Waals surface area contributed by atoms with Crippen molar-refractivity contribution in [3.05, 3.63) is 0 Å². The standard InChI is InChI=1S/C13H28N2/c1-11(2)15-9-7-8-14(6)10-12(15)13(3,4)5/h11-12H,7-10H2,1-6H3/t12-/m0/s1/i6D3. The molecule has 1 saturated heterocycles. The fourth-order valence-electron chi connectivity index (χ4n) is 2.39. The zero-order valence-corrected chi connectivity index (χ0v) is 10.9. The van der Waals surface area contributed by atoms with Gasteiger partial charge in [0.05, 0.1) is 0 Å². The molecule has 0 aromatic heterocycles. The zero-order valence-electron chi connectivity index (χ0n) is 13.9. The van der Waals surface area contributed by atoms with Crippen molar-refractivity contribution in [2.24, 2.45) is 5.41 Å². The molecule has 1 heterocycles. The minimum absolute atomic E-state index is 0.0953. The van der Waals surface area contributed by atoms with Crippen molar-refractivity contribution in [2.75, 3.05) is 26.6 Å². The van der Waals surface area contributed by atoms with Gasteiger partial charge >= 0.3 is 0 Å². The Balaban J connectivity index is 2.95. The monoisotopic (exact) mass is 215 g/mol. The van der Waals surface area contributed by atoms with Crippen LogP contribution in [0.15, 0.2) is 0 Å². The Bertz CT molecular complexity index is 268. The van der Waals surface area contributed by atoms with E-state index in [9.17, 15) is 0 Å². The second-order valence-electron chi connectivity index (χ2n) is 6.01. The smallest absolute Gasteiger partial charge is 0.0394 e. The van der Waals surface area contributed by atoms with E-state index in [-0.39, 0.29) is 5.41 Å². The van der Waals surface area contributed by atoms with Crippen LogP contribution in [-0.2, 0) is 0 Å². The molecule has 1 fully saturated rings. The van der Waals surface area contributed by atoms with Crippen LogP contribution in [0.25, 0.3) is 0 Å². The fraction of sp³-hybridized carbons (Fsp3) is 1.00. The van der Waals surface area contributed by atoms with Crippen molar-refractivity contribution < 1.29 is 4.11 Å². The first-order valence-corrected chi connectivity index (χ1v) is 6.04. The summed E-state index contributed by atoms with van der Waals surface area (Å²) in [6, 6.07) is 0.756. The predicted molar refractivity (Wildman–Crippen MR) is 67.2 cm³/mol. The molecule has 0 bridgehead atoms. The first-order valence-electron chi connectivity index (χ1n) is 7.54. The summed E-state index contributed by atoms with van der Waals surface area (Å²) in [6.45, 7) is 11.4. The molecule has 0 amide bonds. The van der Waals surface area contributed by atoms with E-state index in [1.807, 2.05) is 0 Å². The minimum Gasteiger partial charge on any atom is -0.305 e. The molecule has 0 saturated carbocycles. The summed E-state index contributed by atoms with van der Waals surface area (Å²) in [5.74, 6) is 0. The van der Waals surface area contributed by atoms with Crippen LogP contribution >= 0.6 is 0 Å². The van der Waals surface area contributed by atoms with E-state index in [2.05, 4.69) is 39.5 Å². The average molecular weight is 215 g/mol. The maximum absolute atomic E-state index is 7.63. The van der Waals surface area contributed by atoms with E-state index >= 15 is 0 Å². The van der Waals surface area contributed by atoms with E-state index in [0.717, 1.165) is 13.0 Å². The van der Waals surface area contributed by atoms with Gasteiger partial charge in [0, 0.05) is 22.7 Å². The number of nitrogens with zero attached hydrogens (tertiary/aromatic N) is 2. The Morgan fingerprint density at radius 1 is 1.27 bits per heavy atom. The fourth-order valence-corrected chi connectivity index (χ4v) is 2.39. The van der Waals surface area contributed by atoms with Crippen LogP contribution < -0.4 is 0 Å². The lowest BCUT2D eigenvalue weighted by Gasteiger charge is -2.42. The van der Waals surface area contributed by atoms with Gasteiger partial charge in [0.2, 0.25) is 0 Å². The van der Waals surface area contributed by atoms with E-state index in [4.69, 9.17) is 4.11 Å². The van der Waals surface area contributed by atoms with Crippen molar-refractivity contribution in [1.29, 1.82) is 0 Å². The lowest BCUT2D eigenvalue weighted by molar-refractivity contribution is 0.0672. The van der Waals surface area contributed by atoms with Crippen LogP contribution in [0.5, 0.6) is 0 Å². The summed E-state index contributed by atoms with van der Waals surface area (Å²) in [5.41, 5.74) is 0.0953. The molecular weight excluding hydrogens is 184 g/mol. The zero-order chi connectivity index (χ0) is 14.1. The molecule has 0 aliphatic carbocycles. The highest BCUT2D eigenvalue weighted by atomic mass is 15.3. The Hall–Kier alpha value is -0.0800. The number of rotatable bonds is 1. The molecule has 2 heteroatoms. The third-order valence-corrected chi connectivity index (χ3v) is 3.30. The third kappa shape index (κ3) is 3.46. The third-order valence-electron chi connectivity index (χ3n) is 3.30. The molecule has 1 aliphatic heterocycles. The Labute approximate surface area is 99.8 Å². The molecule has 0 radical (unpaired) electrons. The number of hydrogen-bond acceptors (Lipinski definition) is 2. The molecule has 0 aromatic rings. The molecule has 1 aliphatic rings. The van der Waals surface area contributed by atoms with Crippen molar-refractivity contribution in [3.63, 3.8) is 0 Å². The van der Waals surface area contributed by atoms with Gasteiger partial charge in [-0.1, -0.05) is 20.8 Å². The van der Waals surface area contributed by atoms with E-state index in [1.54, 1.807) is 4.90 Å². The first-order chi connectivity index (χ1) is 8.03. The second-order valence-corrected chi connectivity index (χ2v) is 6.01. The SMILES string of the molecule is [2H]C([2H])([2H])N1CCCN(C(C)C)[C@H](C(C)(C)C)C1. The Morgan fingerprint density at radius 2 is 1.93 bits per heavy atom. The molecule has 1 atom stereocenters. The van der Waals surface area contributed by atoms with Crippen LogP contribution in [0.3, 0.4) is 0 Å². The van der Waals surface area contributed by atoms with Crippen molar-refractivity contribution in [1.82, 2.24) is 9.80 Å². The average Bonchev–Trinajstić information content (AvgIpc) is 2.36. The molecule has 0 spiro atoms. The highest BCUT2D eigenvalue weighted by Gasteiger charge is 2.33. The largest absolute Gasteiger partial charge is 0.305 e. The van der Waals surface area contributed by atoms with E-state index in [0.29, 0.717) is 25.2 Å². The van der Waals surface area contributed by atoms with Gasteiger partial charge in [-0.15, -0.1) is 0 Å². The molecule has 0 unspecified atom stereocenters. The van der Waals surface area contributed by atoms with Crippen LogP contribution in [-0.4, -0.2) is 48.5 Å². The van der Waals surface area contributed by atoms with Gasteiger partial charge in [-0.2, -0.15) is 0 Å². The predicted octanol–water partition coefficient (Wildman–Crippen LogP) is 2.45. The van der Waals surface area contributed by atoms with Gasteiger partial charge in [-0.05, 0) is 45.7 Å². The molecule has 90 valence electrons. The summed E-state index contributed by atoms with van der Waals surface area (Å²) in [4.78, 5) is 4.14. The van der Waals surface area contributed by atoms with Gasteiger partial charge in [0.15, 0.2) is 0 Å². The topological polar surface area (TPSA) is 6.48 Å². The molecule has 0 N–H and O–H groups in total. The van der Waals surface area contributed by atoms with Crippen molar-refractivity contribution in [2.45, 2.75) is 53.1 Å². The number of hydrogen-bond donors (Lipinski definition) is 0. The van der Waals surface area contributed by atoms with E-state index < -0.39 is 6.98 Å². The summed E-state index contributed by atoms with van der Waals surface area (Å²) in [7, 11) is 0. The van der Waals surface area contributed by atoms with E-state index in [1.165, 1.54) is 0 Å². The molecule has 15 heavy (non-hydrogen) atoms. The highest BCUT2D eigenvalue weighted by molar-refractivity contribution is 4.89. The van der Waals surface area contributed by atoms with Crippen molar-refractivity contribution in [3.8, 4) is 0 Å². The second kappa shape index (κ2) is 4.84. The summed E-state index contributed by atoms with van der Waals surface area (Å²) < 4.78 is 22.9. The van der Waals surface area contributed by atoms with Crippen LogP contribution in [0.4, 0.5) is 0 Å². The van der Waals surface area contributed by atoms with Crippen molar-refractivity contribution >= 4 is 0 Å². The molecule has 1 rings (SSSR count). The lowest BCUT2D eigenvalue weighted by Crippen LogP contribution is -2.51. The first kappa shape index (κ1) is 9.00. The maximum Gasteiger partial charge on any atom is 0.0394 e. The maximum atomic E-state index is 7.63. The van der Waals surface area contributed by atoms with Gasteiger partial charge in [-0.25, -0.2) is 0 Å². The minimum atomic E-state index is -1.96. The highest BCUT2D eigenvalue weighted by Crippen LogP contribution is 2.28. The van der Waals surface area contributed by atoms with Gasteiger partial charge in [0.25, 0.3) is 0 Å². The van der Waals surface area contributed by atoms with Crippen LogP contribution in [0.2, 0.25) is 0 Å². The van der Waals surface area contributed by atoms with Gasteiger partial charge in [-0.3, -0.25) is 4.90 Å². The normalized spacial score (nSPS) is 30.8. The van der Waals surface area contributed by atoms with Gasteiger partial charge < -0.3 is 4.90 Å². The lowest BCUT2D eigenvalue weighted by atomic mass is 9.85. The quantitative estimate of drug-likeness (QED) is 0.663. The van der Waals surface area contributed by atoms with Crippen LogP contribution in [0, 0.1) is 5.41 Å². The molecule has 0 aromatic carbocycles. The Morgan fingerprint density at radius 3 is 2.40 bits per heavy atom. The Kier molecular flexibility index (Phi) is 2.90. The van der Waals surface area contributed by atoms with Crippen LogP contribution in [0.1, 0.15) is 45.2 Å². The summed E-state index contributed by atoms with van der Waals surface area (Å²) in [6.07, 6.45) is 0.934.